The van der Waals surface area contributed by atoms with Crippen molar-refractivity contribution in [3.8, 4) is 5.75 Å². The van der Waals surface area contributed by atoms with Crippen LogP contribution in [-0.2, 0) is 4.74 Å². The van der Waals surface area contributed by atoms with E-state index in [9.17, 15) is 4.79 Å². The first-order valence-electron chi connectivity index (χ1n) is 8.44. The molecule has 1 amide bonds. The SMILES string of the molecule is C/C=S(/c1cn2ccnc2cc1OCCN1CCOC1=O)C(C)(C)C. The summed E-state index contributed by atoms with van der Waals surface area (Å²) in [6.45, 7) is 10.8. The van der Waals surface area contributed by atoms with Crippen molar-refractivity contribution in [1.82, 2.24) is 14.3 Å². The molecule has 3 rings (SSSR count). The quantitative estimate of drug-likeness (QED) is 0.764. The van der Waals surface area contributed by atoms with Gasteiger partial charge in [-0.15, -0.1) is 10.5 Å². The fourth-order valence-electron chi connectivity index (χ4n) is 2.91. The lowest BCUT2D eigenvalue weighted by Gasteiger charge is -2.27. The number of ether oxygens (including phenoxy) is 2. The molecular formula is C18H25N3O3S. The number of nitrogens with zero attached hydrogens (tertiary/aromatic N) is 3. The van der Waals surface area contributed by atoms with E-state index in [1.807, 2.05) is 16.7 Å². The number of carbonyl (C=O) groups is 1. The number of amides is 1. The highest BCUT2D eigenvalue weighted by atomic mass is 32.2. The second-order valence-electron chi connectivity index (χ2n) is 6.83. The van der Waals surface area contributed by atoms with Crippen molar-refractivity contribution in [2.45, 2.75) is 37.3 Å². The maximum absolute atomic E-state index is 11.5. The molecule has 25 heavy (non-hydrogen) atoms. The molecule has 0 N–H and O–H groups in total. The van der Waals surface area contributed by atoms with Gasteiger partial charge < -0.3 is 18.8 Å². The monoisotopic (exact) mass is 363 g/mol. The number of aromatic nitrogens is 2. The zero-order valence-corrected chi connectivity index (χ0v) is 16.0. The molecule has 1 aliphatic rings. The molecule has 6 nitrogen and oxygen atoms in total. The number of hydrogen-bond acceptors (Lipinski definition) is 4. The molecule has 1 saturated heterocycles. The summed E-state index contributed by atoms with van der Waals surface area (Å²) in [4.78, 5) is 18.7. The minimum Gasteiger partial charge on any atom is -0.490 e. The van der Waals surface area contributed by atoms with E-state index < -0.39 is 0 Å². The second-order valence-corrected chi connectivity index (χ2v) is 9.64. The standard InChI is InChI=1S/C18H25N3O3S/c1-5-25(18(2,3)4)15-13-21-7-6-19-16(21)12-14(15)23-10-8-20-9-11-24-17(20)22/h5-7,12-13H,8-11H2,1-4H3. The van der Waals surface area contributed by atoms with Gasteiger partial charge in [-0.2, -0.15) is 0 Å². The first-order valence-corrected chi connectivity index (χ1v) is 9.73. The van der Waals surface area contributed by atoms with Gasteiger partial charge in [0.1, 0.15) is 24.6 Å². The normalized spacial score (nSPS) is 16.5. The largest absolute Gasteiger partial charge is 0.490 e. The summed E-state index contributed by atoms with van der Waals surface area (Å²) < 4.78 is 13.2. The number of fused-ring (bicyclic) bond motifs is 1. The van der Waals surface area contributed by atoms with Gasteiger partial charge in [-0.1, -0.05) is 26.1 Å². The fourth-order valence-corrected chi connectivity index (χ4v) is 5.09. The minimum absolute atomic E-state index is 0.0801. The van der Waals surface area contributed by atoms with E-state index in [0.29, 0.717) is 26.3 Å². The Morgan fingerprint density at radius 2 is 2.24 bits per heavy atom. The maximum atomic E-state index is 11.5. The predicted octanol–water partition coefficient (Wildman–Crippen LogP) is 3.41. The lowest BCUT2D eigenvalue weighted by atomic mass is 10.3. The molecule has 0 saturated carbocycles. The highest BCUT2D eigenvalue weighted by Gasteiger charge is 2.23. The number of imidazole rings is 1. The summed E-state index contributed by atoms with van der Waals surface area (Å²) >= 11 is 0. The highest BCUT2D eigenvalue weighted by Crippen LogP contribution is 2.44. The molecule has 1 aliphatic heterocycles. The molecule has 3 heterocycles. The van der Waals surface area contributed by atoms with Gasteiger partial charge in [0.2, 0.25) is 0 Å². The average Bonchev–Trinajstić information content (AvgIpc) is 3.15. The number of rotatable bonds is 5. The molecule has 2 aromatic rings. The van der Waals surface area contributed by atoms with Crippen LogP contribution in [0.4, 0.5) is 4.79 Å². The zero-order valence-electron chi connectivity index (χ0n) is 15.2. The minimum atomic E-state index is -0.260. The molecule has 0 radical (unpaired) electrons. The topological polar surface area (TPSA) is 56.1 Å². The number of pyridine rings is 1. The Hall–Kier alpha value is -2.02. The van der Waals surface area contributed by atoms with Crippen molar-refractivity contribution < 1.29 is 14.3 Å². The van der Waals surface area contributed by atoms with E-state index >= 15 is 0 Å². The van der Waals surface area contributed by atoms with E-state index in [4.69, 9.17) is 9.47 Å². The maximum Gasteiger partial charge on any atom is 0.410 e. The van der Waals surface area contributed by atoms with Gasteiger partial charge in [0.25, 0.3) is 0 Å². The predicted molar refractivity (Wildman–Crippen MR) is 101 cm³/mol. The summed E-state index contributed by atoms with van der Waals surface area (Å²) in [5.74, 6) is 0.836. The van der Waals surface area contributed by atoms with Crippen LogP contribution in [0, 0.1) is 0 Å². The summed E-state index contributed by atoms with van der Waals surface area (Å²) in [5, 5.41) is 2.24. The van der Waals surface area contributed by atoms with Crippen molar-refractivity contribution in [3.63, 3.8) is 0 Å². The van der Waals surface area contributed by atoms with Crippen LogP contribution < -0.4 is 4.74 Å². The Morgan fingerprint density at radius 3 is 2.88 bits per heavy atom. The van der Waals surface area contributed by atoms with Gasteiger partial charge >= 0.3 is 6.09 Å². The van der Waals surface area contributed by atoms with Crippen LogP contribution in [0.2, 0.25) is 0 Å². The van der Waals surface area contributed by atoms with Gasteiger partial charge in [0.15, 0.2) is 0 Å². The number of hydrogen-bond donors (Lipinski definition) is 0. The highest BCUT2D eigenvalue weighted by molar-refractivity contribution is 8.16. The third kappa shape index (κ3) is 3.81. The van der Waals surface area contributed by atoms with Crippen LogP contribution in [-0.4, -0.2) is 56.8 Å². The molecule has 0 aromatic carbocycles. The van der Waals surface area contributed by atoms with Crippen molar-refractivity contribution in [2.75, 3.05) is 26.3 Å². The van der Waals surface area contributed by atoms with Crippen LogP contribution in [0.3, 0.4) is 0 Å². The summed E-state index contributed by atoms with van der Waals surface area (Å²) in [6.07, 6.45) is 5.58. The van der Waals surface area contributed by atoms with Crippen molar-refractivity contribution >= 4 is 27.6 Å². The van der Waals surface area contributed by atoms with E-state index in [2.05, 4.69) is 44.2 Å². The molecule has 1 fully saturated rings. The van der Waals surface area contributed by atoms with Crippen LogP contribution >= 0.6 is 10.5 Å². The molecule has 1 atom stereocenters. The van der Waals surface area contributed by atoms with Crippen LogP contribution in [0.25, 0.3) is 5.65 Å². The van der Waals surface area contributed by atoms with Crippen molar-refractivity contribution in [2.24, 2.45) is 0 Å². The third-order valence-electron chi connectivity index (χ3n) is 4.05. The lowest BCUT2D eigenvalue weighted by Crippen LogP contribution is -2.29. The zero-order chi connectivity index (χ0) is 18.0. The number of cyclic esters (lactones) is 1. The van der Waals surface area contributed by atoms with Crippen LogP contribution in [0.15, 0.2) is 29.6 Å². The van der Waals surface area contributed by atoms with E-state index in [-0.39, 0.29) is 21.3 Å². The first-order chi connectivity index (χ1) is 11.9. The van der Waals surface area contributed by atoms with Gasteiger partial charge in [0, 0.05) is 29.4 Å². The molecule has 1 unspecified atom stereocenters. The fraction of sp³-hybridized carbons (Fsp3) is 0.500. The first kappa shape index (κ1) is 17.8. The van der Waals surface area contributed by atoms with Crippen LogP contribution in [0.1, 0.15) is 27.7 Å². The molecule has 136 valence electrons. The molecule has 0 bridgehead atoms. The van der Waals surface area contributed by atoms with Crippen molar-refractivity contribution in [3.05, 3.63) is 24.7 Å². The smallest absolute Gasteiger partial charge is 0.410 e. The Balaban J connectivity index is 1.87. The average molecular weight is 363 g/mol. The van der Waals surface area contributed by atoms with Gasteiger partial charge in [-0.05, 0) is 6.92 Å². The van der Waals surface area contributed by atoms with Crippen LogP contribution in [0.5, 0.6) is 5.75 Å². The molecular weight excluding hydrogens is 338 g/mol. The number of carbonyl (C=O) groups excluding carboxylic acids is 1. The van der Waals surface area contributed by atoms with Gasteiger partial charge in [-0.3, -0.25) is 0 Å². The Kier molecular flexibility index (Phi) is 5.03. The Bertz CT molecular complexity index is 807. The van der Waals surface area contributed by atoms with E-state index in [1.165, 1.54) is 0 Å². The van der Waals surface area contributed by atoms with E-state index in [1.54, 1.807) is 11.1 Å². The van der Waals surface area contributed by atoms with Gasteiger partial charge in [0.05, 0.1) is 18.0 Å². The lowest BCUT2D eigenvalue weighted by molar-refractivity contribution is 0.152. The summed E-state index contributed by atoms with van der Waals surface area (Å²) in [5.41, 5.74) is 0.855. The third-order valence-corrected chi connectivity index (χ3v) is 6.63. The molecule has 0 spiro atoms. The Labute approximate surface area is 150 Å². The van der Waals surface area contributed by atoms with Crippen molar-refractivity contribution in [1.29, 1.82) is 0 Å². The molecule has 0 aliphatic carbocycles. The second kappa shape index (κ2) is 7.07. The van der Waals surface area contributed by atoms with Gasteiger partial charge in [-0.25, -0.2) is 9.78 Å². The molecule has 7 heteroatoms. The summed E-state index contributed by atoms with van der Waals surface area (Å²) in [7, 11) is -0.0801. The Morgan fingerprint density at radius 1 is 1.44 bits per heavy atom. The van der Waals surface area contributed by atoms with E-state index in [0.717, 1.165) is 16.3 Å². The summed E-state index contributed by atoms with van der Waals surface area (Å²) in [6, 6.07) is 1.98. The molecule has 2 aromatic heterocycles.